The van der Waals surface area contributed by atoms with Gasteiger partial charge in [-0.25, -0.2) is 4.98 Å². The number of hydrogen-bond donors (Lipinski definition) is 1. The van der Waals surface area contributed by atoms with E-state index in [0.717, 1.165) is 36.2 Å². The van der Waals surface area contributed by atoms with Crippen LogP contribution in [0.1, 0.15) is 44.9 Å². The Hall–Kier alpha value is -1.42. The summed E-state index contributed by atoms with van der Waals surface area (Å²) < 4.78 is 2.25. The summed E-state index contributed by atoms with van der Waals surface area (Å²) in [7, 11) is 0. The summed E-state index contributed by atoms with van der Waals surface area (Å²) in [6.45, 7) is 3.06. The molecule has 0 unspecified atom stereocenters. The van der Waals surface area contributed by atoms with Gasteiger partial charge in [0.2, 0.25) is 0 Å². The van der Waals surface area contributed by atoms with Crippen LogP contribution in [-0.4, -0.2) is 14.5 Å². The molecule has 1 aliphatic carbocycles. The van der Waals surface area contributed by atoms with Gasteiger partial charge in [-0.2, -0.15) is 0 Å². The lowest BCUT2D eigenvalue weighted by atomic mass is 9.82. The predicted octanol–water partition coefficient (Wildman–Crippen LogP) is 2.57. The van der Waals surface area contributed by atoms with Gasteiger partial charge in [-0.05, 0) is 25.8 Å². The van der Waals surface area contributed by atoms with Gasteiger partial charge in [0.1, 0.15) is 11.3 Å². The molecule has 0 atom stereocenters. The first-order valence-corrected chi connectivity index (χ1v) is 6.84. The van der Waals surface area contributed by atoms with Crippen molar-refractivity contribution in [3.8, 4) is 0 Å². The van der Waals surface area contributed by atoms with Crippen molar-refractivity contribution in [3.05, 3.63) is 24.3 Å². The van der Waals surface area contributed by atoms with Gasteiger partial charge >= 0.3 is 0 Å². The van der Waals surface area contributed by atoms with Crippen molar-refractivity contribution in [1.82, 2.24) is 14.5 Å². The van der Waals surface area contributed by atoms with Gasteiger partial charge in [0.05, 0.1) is 17.3 Å². The zero-order chi connectivity index (χ0) is 12.6. The Balaban J connectivity index is 2.15. The second-order valence-electron chi connectivity index (χ2n) is 5.26. The van der Waals surface area contributed by atoms with Gasteiger partial charge in [0.15, 0.2) is 0 Å². The summed E-state index contributed by atoms with van der Waals surface area (Å²) in [5, 5.41) is 0. The predicted molar refractivity (Wildman–Crippen MR) is 72.2 cm³/mol. The molecule has 96 valence electrons. The van der Waals surface area contributed by atoms with E-state index in [-0.39, 0.29) is 5.54 Å². The molecule has 1 saturated carbocycles. The Labute approximate surface area is 107 Å². The maximum atomic E-state index is 6.62. The van der Waals surface area contributed by atoms with Crippen molar-refractivity contribution in [2.45, 2.75) is 51.1 Å². The Morgan fingerprint density at radius 1 is 1.33 bits per heavy atom. The third-order valence-corrected chi connectivity index (χ3v) is 4.06. The van der Waals surface area contributed by atoms with Crippen LogP contribution in [0.2, 0.25) is 0 Å². The minimum absolute atomic E-state index is 0.243. The molecule has 0 amide bonds. The van der Waals surface area contributed by atoms with Gasteiger partial charge in [-0.1, -0.05) is 19.3 Å². The van der Waals surface area contributed by atoms with Crippen molar-refractivity contribution < 1.29 is 0 Å². The van der Waals surface area contributed by atoms with Crippen LogP contribution >= 0.6 is 0 Å². The van der Waals surface area contributed by atoms with Crippen molar-refractivity contribution in [2.75, 3.05) is 0 Å². The molecule has 2 aromatic heterocycles. The number of aryl methyl sites for hydroxylation is 1. The zero-order valence-electron chi connectivity index (χ0n) is 10.9. The Morgan fingerprint density at radius 3 is 2.83 bits per heavy atom. The highest BCUT2D eigenvalue weighted by Crippen LogP contribution is 2.35. The molecule has 0 aliphatic heterocycles. The molecule has 18 heavy (non-hydrogen) atoms. The third-order valence-electron chi connectivity index (χ3n) is 4.06. The lowest BCUT2D eigenvalue weighted by molar-refractivity contribution is 0.279. The summed E-state index contributed by atoms with van der Waals surface area (Å²) in [4.78, 5) is 8.91. The van der Waals surface area contributed by atoms with E-state index >= 15 is 0 Å². The third kappa shape index (κ3) is 1.72. The van der Waals surface area contributed by atoms with Gasteiger partial charge in [-0.15, -0.1) is 0 Å². The summed E-state index contributed by atoms with van der Waals surface area (Å²) in [5.74, 6) is 1.05. The summed E-state index contributed by atoms with van der Waals surface area (Å²) in [6, 6.07) is 2.03. The summed E-state index contributed by atoms with van der Waals surface area (Å²) >= 11 is 0. The van der Waals surface area contributed by atoms with E-state index < -0.39 is 0 Å². The van der Waals surface area contributed by atoms with Crippen LogP contribution in [0.25, 0.3) is 11.0 Å². The second kappa shape index (κ2) is 4.35. The number of nitrogens with two attached hydrogens (primary N) is 1. The molecule has 1 aliphatic rings. The molecule has 0 radical (unpaired) electrons. The molecule has 0 bridgehead atoms. The van der Waals surface area contributed by atoms with E-state index in [1.807, 2.05) is 18.5 Å². The average molecular weight is 244 g/mol. The number of pyridine rings is 1. The van der Waals surface area contributed by atoms with Gasteiger partial charge in [0.25, 0.3) is 0 Å². The topological polar surface area (TPSA) is 56.7 Å². The number of rotatable bonds is 2. The fourth-order valence-electron chi connectivity index (χ4n) is 3.09. The van der Waals surface area contributed by atoms with E-state index in [4.69, 9.17) is 10.7 Å². The monoisotopic (exact) mass is 244 g/mol. The lowest BCUT2D eigenvalue weighted by Gasteiger charge is -2.33. The van der Waals surface area contributed by atoms with Gasteiger partial charge < -0.3 is 10.3 Å². The van der Waals surface area contributed by atoms with Gasteiger partial charge in [-0.3, -0.25) is 4.98 Å². The first-order valence-electron chi connectivity index (χ1n) is 6.84. The van der Waals surface area contributed by atoms with Crippen molar-refractivity contribution in [1.29, 1.82) is 0 Å². The fraction of sp³-hybridized carbons (Fsp3) is 0.571. The van der Waals surface area contributed by atoms with Gasteiger partial charge in [0, 0.05) is 12.7 Å². The minimum Gasteiger partial charge on any atom is -0.327 e. The van der Waals surface area contributed by atoms with E-state index in [1.54, 1.807) is 0 Å². The molecule has 2 N–H and O–H groups in total. The molecule has 3 rings (SSSR count). The largest absolute Gasteiger partial charge is 0.327 e. The van der Waals surface area contributed by atoms with Crippen LogP contribution < -0.4 is 5.73 Å². The summed E-state index contributed by atoms with van der Waals surface area (Å²) in [6.07, 6.45) is 9.46. The molecule has 1 fully saturated rings. The molecule has 2 aromatic rings. The Morgan fingerprint density at radius 2 is 2.11 bits per heavy atom. The quantitative estimate of drug-likeness (QED) is 0.883. The highest BCUT2D eigenvalue weighted by atomic mass is 15.1. The second-order valence-corrected chi connectivity index (χ2v) is 5.26. The molecule has 4 nitrogen and oxygen atoms in total. The molecular formula is C14H20N4. The van der Waals surface area contributed by atoms with E-state index in [2.05, 4.69) is 16.5 Å². The standard InChI is InChI=1S/C14H20N4/c1-2-18-12-6-9-16-10-11(12)17-13(18)14(15)7-4-3-5-8-14/h6,9-10H,2-5,7-8,15H2,1H3. The molecule has 2 heterocycles. The highest BCUT2D eigenvalue weighted by molar-refractivity contribution is 5.75. The van der Waals surface area contributed by atoms with Crippen LogP contribution in [0, 0.1) is 0 Å². The minimum atomic E-state index is -0.243. The van der Waals surface area contributed by atoms with E-state index in [1.165, 1.54) is 19.3 Å². The van der Waals surface area contributed by atoms with Crippen LogP contribution in [0.4, 0.5) is 0 Å². The van der Waals surface area contributed by atoms with Crippen molar-refractivity contribution in [2.24, 2.45) is 5.73 Å². The maximum Gasteiger partial charge on any atom is 0.130 e. The molecule has 0 saturated heterocycles. The number of fused-ring (bicyclic) bond motifs is 1. The molecule has 0 aromatic carbocycles. The first-order chi connectivity index (χ1) is 8.74. The molecule has 4 heteroatoms. The zero-order valence-corrected chi connectivity index (χ0v) is 10.9. The fourth-order valence-corrected chi connectivity index (χ4v) is 3.09. The van der Waals surface area contributed by atoms with Crippen molar-refractivity contribution in [3.63, 3.8) is 0 Å². The average Bonchev–Trinajstić information content (AvgIpc) is 2.79. The Bertz CT molecular complexity index is 552. The Kier molecular flexibility index (Phi) is 2.82. The molecular weight excluding hydrogens is 224 g/mol. The number of aromatic nitrogens is 3. The number of hydrogen-bond acceptors (Lipinski definition) is 3. The first kappa shape index (κ1) is 11.7. The van der Waals surface area contributed by atoms with Crippen LogP contribution in [0.3, 0.4) is 0 Å². The smallest absolute Gasteiger partial charge is 0.130 e. The van der Waals surface area contributed by atoms with Crippen LogP contribution in [-0.2, 0) is 12.1 Å². The van der Waals surface area contributed by atoms with E-state index in [9.17, 15) is 0 Å². The lowest BCUT2D eigenvalue weighted by Crippen LogP contribution is -2.41. The number of nitrogens with zero attached hydrogens (tertiary/aromatic N) is 3. The van der Waals surface area contributed by atoms with Crippen molar-refractivity contribution >= 4 is 11.0 Å². The van der Waals surface area contributed by atoms with Crippen LogP contribution in [0.15, 0.2) is 18.5 Å². The molecule has 0 spiro atoms. The highest BCUT2D eigenvalue weighted by Gasteiger charge is 2.34. The summed E-state index contributed by atoms with van der Waals surface area (Å²) in [5.41, 5.74) is 8.49. The van der Waals surface area contributed by atoms with Crippen LogP contribution in [0.5, 0.6) is 0 Å². The maximum absolute atomic E-state index is 6.62. The normalized spacial score (nSPS) is 19.2. The SMILES string of the molecule is CCn1c(C2(N)CCCCC2)nc2cnccc21. The van der Waals surface area contributed by atoms with E-state index in [0.29, 0.717) is 0 Å². The number of imidazole rings is 1.